The van der Waals surface area contributed by atoms with E-state index in [4.69, 9.17) is 9.57 Å². The Morgan fingerprint density at radius 1 is 0.844 bits per heavy atom. The zero-order chi connectivity index (χ0) is 23.4. The van der Waals surface area contributed by atoms with Gasteiger partial charge in [0, 0.05) is 6.92 Å². The highest BCUT2D eigenvalue weighted by molar-refractivity contribution is 5.65. The van der Waals surface area contributed by atoms with Gasteiger partial charge in [-0.2, -0.15) is 13.2 Å². The molecule has 2 rings (SSSR count). The molecule has 0 unspecified atom stereocenters. The van der Waals surface area contributed by atoms with Gasteiger partial charge in [0.15, 0.2) is 0 Å². The zero-order valence-electron chi connectivity index (χ0n) is 18.8. The monoisotopic (exact) mass is 451 g/mol. The number of benzene rings is 2. The third-order valence-corrected chi connectivity index (χ3v) is 4.95. The van der Waals surface area contributed by atoms with Crippen molar-refractivity contribution >= 4 is 5.97 Å². The number of carbonyl (C=O) groups excluding carboxylic acids is 1. The lowest BCUT2D eigenvalue weighted by Crippen LogP contribution is -2.25. The van der Waals surface area contributed by atoms with Gasteiger partial charge in [-0.15, -0.1) is 5.06 Å². The quantitative estimate of drug-likeness (QED) is 0.245. The molecule has 0 spiro atoms. The number of hydrogen-bond donors (Lipinski definition) is 0. The number of carbonyl (C=O) groups is 1. The molecule has 32 heavy (non-hydrogen) atoms. The van der Waals surface area contributed by atoms with Gasteiger partial charge in [0.1, 0.15) is 5.75 Å². The van der Waals surface area contributed by atoms with E-state index in [1.165, 1.54) is 56.2 Å². The first-order valence-corrected chi connectivity index (χ1v) is 11.1. The number of alkyl halides is 3. The van der Waals surface area contributed by atoms with Crippen LogP contribution in [-0.2, 0) is 28.9 Å². The third-order valence-electron chi connectivity index (χ3n) is 4.95. The van der Waals surface area contributed by atoms with E-state index in [0.717, 1.165) is 29.9 Å². The van der Waals surface area contributed by atoms with Crippen LogP contribution in [0.2, 0.25) is 0 Å². The largest absolute Gasteiger partial charge is 0.494 e. The number of rotatable bonds is 13. The molecule has 0 aliphatic rings. The van der Waals surface area contributed by atoms with E-state index in [0.29, 0.717) is 18.7 Å². The molecule has 176 valence electrons. The van der Waals surface area contributed by atoms with Gasteiger partial charge in [-0.05, 0) is 41.8 Å². The first-order chi connectivity index (χ1) is 15.3. The van der Waals surface area contributed by atoms with Gasteiger partial charge < -0.3 is 9.57 Å². The Kier molecular flexibility index (Phi) is 10.5. The Hall–Kier alpha value is -2.54. The summed E-state index contributed by atoms with van der Waals surface area (Å²) >= 11 is 0. The fourth-order valence-electron chi connectivity index (χ4n) is 3.27. The van der Waals surface area contributed by atoms with Crippen LogP contribution in [0.4, 0.5) is 13.2 Å². The standard InChI is InChI=1S/C25H32F3NO3/c1-3-4-5-6-7-8-17-31-24-15-11-22(12-16-24)19-29(32-20(2)30)18-21-9-13-23(14-10-21)25(26,27)28/h9-16H,3-8,17-19H2,1-2H3. The molecule has 7 heteroatoms. The molecular weight excluding hydrogens is 419 g/mol. The van der Waals surface area contributed by atoms with E-state index in [-0.39, 0.29) is 6.54 Å². The molecule has 0 saturated heterocycles. The first-order valence-electron chi connectivity index (χ1n) is 11.1. The van der Waals surface area contributed by atoms with Crippen molar-refractivity contribution in [1.82, 2.24) is 5.06 Å². The Morgan fingerprint density at radius 3 is 1.91 bits per heavy atom. The topological polar surface area (TPSA) is 38.8 Å². The average Bonchev–Trinajstić information content (AvgIpc) is 2.73. The number of nitrogens with zero attached hydrogens (tertiary/aromatic N) is 1. The van der Waals surface area contributed by atoms with E-state index in [1.807, 2.05) is 24.3 Å². The maximum atomic E-state index is 12.7. The summed E-state index contributed by atoms with van der Waals surface area (Å²) in [7, 11) is 0. The first kappa shape index (κ1) is 25.7. The summed E-state index contributed by atoms with van der Waals surface area (Å²) in [4.78, 5) is 16.7. The molecule has 0 amide bonds. The lowest BCUT2D eigenvalue weighted by molar-refractivity contribution is -0.194. The fourth-order valence-corrected chi connectivity index (χ4v) is 3.27. The second-order valence-corrected chi connectivity index (χ2v) is 7.84. The van der Waals surface area contributed by atoms with Crippen molar-refractivity contribution in [3.63, 3.8) is 0 Å². The Morgan fingerprint density at radius 2 is 1.38 bits per heavy atom. The van der Waals surface area contributed by atoms with Crippen molar-refractivity contribution in [2.24, 2.45) is 0 Å². The van der Waals surface area contributed by atoms with Crippen LogP contribution >= 0.6 is 0 Å². The molecule has 0 bridgehead atoms. The van der Waals surface area contributed by atoms with Gasteiger partial charge in [0.25, 0.3) is 0 Å². The molecular formula is C25H32F3NO3. The van der Waals surface area contributed by atoms with Crippen molar-refractivity contribution < 1.29 is 27.5 Å². The normalized spacial score (nSPS) is 11.6. The third kappa shape index (κ3) is 9.73. The number of halogens is 3. The van der Waals surface area contributed by atoms with Gasteiger partial charge in [0.2, 0.25) is 0 Å². The van der Waals surface area contributed by atoms with Crippen molar-refractivity contribution in [2.75, 3.05) is 6.61 Å². The molecule has 0 radical (unpaired) electrons. The molecule has 0 aromatic heterocycles. The summed E-state index contributed by atoms with van der Waals surface area (Å²) in [6.07, 6.45) is 2.84. The minimum atomic E-state index is -4.38. The lowest BCUT2D eigenvalue weighted by atomic mass is 10.1. The molecule has 0 fully saturated rings. The zero-order valence-corrected chi connectivity index (χ0v) is 18.8. The minimum Gasteiger partial charge on any atom is -0.494 e. The van der Waals surface area contributed by atoms with E-state index < -0.39 is 17.7 Å². The van der Waals surface area contributed by atoms with Crippen molar-refractivity contribution in [3.05, 3.63) is 65.2 Å². The summed E-state index contributed by atoms with van der Waals surface area (Å²) in [5.74, 6) is 0.292. The molecule has 0 aliphatic carbocycles. The van der Waals surface area contributed by atoms with Crippen LogP contribution < -0.4 is 4.74 Å². The predicted octanol–water partition coefficient (Wildman–Crippen LogP) is 6.93. The second kappa shape index (κ2) is 13.1. The fraction of sp³-hybridized carbons (Fsp3) is 0.480. The van der Waals surface area contributed by atoms with Crippen LogP contribution in [0.15, 0.2) is 48.5 Å². The number of hydroxylamine groups is 2. The van der Waals surface area contributed by atoms with Crippen LogP contribution in [0.1, 0.15) is 69.1 Å². The second-order valence-electron chi connectivity index (χ2n) is 7.84. The molecule has 0 saturated carbocycles. The highest BCUT2D eigenvalue weighted by Crippen LogP contribution is 2.29. The van der Waals surface area contributed by atoms with Crippen LogP contribution in [-0.4, -0.2) is 17.6 Å². The highest BCUT2D eigenvalue weighted by Gasteiger charge is 2.30. The molecule has 0 N–H and O–H groups in total. The number of unbranched alkanes of at least 4 members (excludes halogenated alkanes) is 5. The molecule has 0 aliphatic heterocycles. The van der Waals surface area contributed by atoms with Crippen LogP contribution in [0, 0.1) is 0 Å². The minimum absolute atomic E-state index is 0.175. The van der Waals surface area contributed by atoms with Crippen LogP contribution in [0.3, 0.4) is 0 Å². The predicted molar refractivity (Wildman–Crippen MR) is 118 cm³/mol. The molecule has 0 atom stereocenters. The van der Waals surface area contributed by atoms with E-state index >= 15 is 0 Å². The Balaban J connectivity index is 1.87. The van der Waals surface area contributed by atoms with Gasteiger partial charge in [-0.1, -0.05) is 63.3 Å². The van der Waals surface area contributed by atoms with Gasteiger partial charge in [0.05, 0.1) is 25.3 Å². The Labute approximate surface area is 188 Å². The van der Waals surface area contributed by atoms with E-state index in [1.54, 1.807) is 0 Å². The summed E-state index contributed by atoms with van der Waals surface area (Å²) < 4.78 is 44.0. The summed E-state index contributed by atoms with van der Waals surface area (Å²) in [5, 5.41) is 1.43. The van der Waals surface area contributed by atoms with Crippen molar-refractivity contribution in [1.29, 1.82) is 0 Å². The summed E-state index contributed by atoms with van der Waals surface area (Å²) in [6, 6.07) is 12.3. The van der Waals surface area contributed by atoms with Crippen molar-refractivity contribution in [2.45, 2.75) is 71.6 Å². The van der Waals surface area contributed by atoms with Gasteiger partial charge >= 0.3 is 12.1 Å². The lowest BCUT2D eigenvalue weighted by Gasteiger charge is -2.21. The SMILES string of the molecule is CCCCCCCCOc1ccc(CN(Cc2ccc(C(F)(F)F)cc2)OC(C)=O)cc1. The van der Waals surface area contributed by atoms with Crippen LogP contribution in [0.5, 0.6) is 5.75 Å². The summed E-state index contributed by atoms with van der Waals surface area (Å²) in [5.41, 5.74) is 0.792. The average molecular weight is 452 g/mol. The van der Waals surface area contributed by atoms with E-state index in [9.17, 15) is 18.0 Å². The van der Waals surface area contributed by atoms with Gasteiger partial charge in [-0.25, -0.2) is 0 Å². The molecule has 2 aromatic rings. The molecule has 0 heterocycles. The Bertz CT molecular complexity index is 805. The van der Waals surface area contributed by atoms with E-state index in [2.05, 4.69) is 6.92 Å². The maximum absolute atomic E-state index is 12.7. The van der Waals surface area contributed by atoms with Crippen molar-refractivity contribution in [3.8, 4) is 5.75 Å². The smallest absolute Gasteiger partial charge is 0.416 e. The molecule has 4 nitrogen and oxygen atoms in total. The highest BCUT2D eigenvalue weighted by atomic mass is 19.4. The number of hydrogen-bond acceptors (Lipinski definition) is 4. The summed E-state index contributed by atoms with van der Waals surface area (Å²) in [6.45, 7) is 4.65. The van der Waals surface area contributed by atoms with Crippen LogP contribution in [0.25, 0.3) is 0 Å². The number of ether oxygens (including phenoxy) is 1. The maximum Gasteiger partial charge on any atom is 0.416 e. The molecule has 2 aromatic carbocycles. The van der Waals surface area contributed by atoms with Gasteiger partial charge in [-0.3, -0.25) is 4.79 Å².